The molecule has 1 unspecified atom stereocenters. The second kappa shape index (κ2) is 10.9. The average molecular weight is 435 g/mol. The molecule has 0 aliphatic rings. The Labute approximate surface area is 181 Å². The van der Waals surface area contributed by atoms with Gasteiger partial charge in [0.05, 0.1) is 16.6 Å². The van der Waals surface area contributed by atoms with Crippen LogP contribution in [0.3, 0.4) is 0 Å². The van der Waals surface area contributed by atoms with Crippen LogP contribution in [0.25, 0.3) is 0 Å². The number of nitrogens with one attached hydrogen (secondary N) is 3. The lowest BCUT2D eigenvalue weighted by Crippen LogP contribution is -2.37. The lowest BCUT2D eigenvalue weighted by atomic mass is 10.1. The molecule has 0 aromatic heterocycles. The van der Waals surface area contributed by atoms with Crippen LogP contribution in [0.15, 0.2) is 42.5 Å². The van der Waals surface area contributed by atoms with E-state index in [0.29, 0.717) is 23.7 Å². The predicted molar refractivity (Wildman–Crippen MR) is 118 cm³/mol. The molecule has 8 heteroatoms. The highest BCUT2D eigenvalue weighted by Gasteiger charge is 2.16. The molecule has 2 rings (SSSR count). The summed E-state index contributed by atoms with van der Waals surface area (Å²) < 4.78 is 13.5. The van der Waals surface area contributed by atoms with Gasteiger partial charge in [-0.1, -0.05) is 37.6 Å². The highest BCUT2D eigenvalue weighted by Crippen LogP contribution is 2.22. The summed E-state index contributed by atoms with van der Waals surface area (Å²) in [4.78, 5) is 26.4. The summed E-state index contributed by atoms with van der Waals surface area (Å²) in [6.07, 6.45) is 0. The van der Waals surface area contributed by atoms with E-state index in [0.717, 1.165) is 5.56 Å². The Morgan fingerprint density at radius 2 is 1.80 bits per heavy atom. The van der Waals surface area contributed by atoms with E-state index >= 15 is 0 Å². The van der Waals surface area contributed by atoms with Crippen LogP contribution in [-0.4, -0.2) is 44.0 Å². The Morgan fingerprint density at radius 1 is 1.07 bits per heavy atom. The second-order valence-corrected chi connectivity index (χ2v) is 8.08. The van der Waals surface area contributed by atoms with Crippen molar-refractivity contribution < 1.29 is 14.0 Å². The third kappa shape index (κ3) is 7.00. The molecule has 0 saturated carbocycles. The SMILES string of the molecule is CC(C)CNC(=O)c1ccc(NC(=O)NCC(c2cccc(F)c2)N(C)C)cc1Cl. The lowest BCUT2D eigenvalue weighted by molar-refractivity contribution is 0.0949. The van der Waals surface area contributed by atoms with Crippen molar-refractivity contribution in [3.63, 3.8) is 0 Å². The van der Waals surface area contributed by atoms with Gasteiger partial charge in [-0.3, -0.25) is 4.79 Å². The molecule has 30 heavy (non-hydrogen) atoms. The molecule has 0 fully saturated rings. The largest absolute Gasteiger partial charge is 0.352 e. The number of benzene rings is 2. The number of hydrogen-bond acceptors (Lipinski definition) is 3. The van der Waals surface area contributed by atoms with Gasteiger partial charge in [0, 0.05) is 18.8 Å². The summed E-state index contributed by atoms with van der Waals surface area (Å²) in [7, 11) is 3.72. The number of hydrogen-bond donors (Lipinski definition) is 3. The third-order valence-electron chi connectivity index (χ3n) is 4.46. The molecule has 3 N–H and O–H groups in total. The van der Waals surface area contributed by atoms with Crippen LogP contribution in [-0.2, 0) is 0 Å². The summed E-state index contributed by atoms with van der Waals surface area (Å²) in [5.41, 5.74) is 1.58. The van der Waals surface area contributed by atoms with Crippen molar-refractivity contribution >= 4 is 29.2 Å². The number of carbonyl (C=O) groups is 2. The average Bonchev–Trinajstić information content (AvgIpc) is 2.66. The van der Waals surface area contributed by atoms with E-state index in [1.54, 1.807) is 18.2 Å². The monoisotopic (exact) mass is 434 g/mol. The van der Waals surface area contributed by atoms with E-state index in [1.807, 2.05) is 38.9 Å². The number of carbonyl (C=O) groups excluding carboxylic acids is 2. The molecule has 2 aromatic rings. The van der Waals surface area contributed by atoms with Gasteiger partial charge in [-0.25, -0.2) is 9.18 Å². The van der Waals surface area contributed by atoms with Crippen LogP contribution in [0.1, 0.15) is 35.8 Å². The first kappa shape index (κ1) is 23.6. The van der Waals surface area contributed by atoms with Crippen LogP contribution in [0.4, 0.5) is 14.9 Å². The van der Waals surface area contributed by atoms with Crippen molar-refractivity contribution in [3.8, 4) is 0 Å². The summed E-state index contributed by atoms with van der Waals surface area (Å²) in [5.74, 6) is -0.250. The number of rotatable bonds is 8. The molecule has 0 heterocycles. The minimum Gasteiger partial charge on any atom is -0.352 e. The molecule has 2 aromatic carbocycles. The van der Waals surface area contributed by atoms with Gasteiger partial charge in [-0.15, -0.1) is 0 Å². The van der Waals surface area contributed by atoms with Crippen LogP contribution in [0, 0.1) is 11.7 Å². The molecule has 162 valence electrons. The van der Waals surface area contributed by atoms with Crippen molar-refractivity contribution in [1.29, 1.82) is 0 Å². The zero-order valence-electron chi connectivity index (χ0n) is 17.6. The first-order chi connectivity index (χ1) is 14.2. The highest BCUT2D eigenvalue weighted by molar-refractivity contribution is 6.34. The zero-order valence-corrected chi connectivity index (χ0v) is 18.4. The molecule has 0 aliphatic heterocycles. The second-order valence-electron chi connectivity index (χ2n) is 7.67. The molecule has 0 spiro atoms. The molecule has 0 radical (unpaired) electrons. The van der Waals surface area contributed by atoms with Crippen molar-refractivity contribution in [2.45, 2.75) is 19.9 Å². The van der Waals surface area contributed by atoms with E-state index in [4.69, 9.17) is 11.6 Å². The molecule has 6 nitrogen and oxygen atoms in total. The van der Waals surface area contributed by atoms with Gasteiger partial charge in [0.1, 0.15) is 5.82 Å². The maximum Gasteiger partial charge on any atom is 0.319 e. The Bertz CT molecular complexity index is 889. The predicted octanol–water partition coefficient (Wildman–Crippen LogP) is 4.29. The molecular formula is C22H28ClFN4O2. The Morgan fingerprint density at radius 3 is 2.40 bits per heavy atom. The zero-order chi connectivity index (χ0) is 22.3. The number of anilines is 1. The lowest BCUT2D eigenvalue weighted by Gasteiger charge is -2.25. The summed E-state index contributed by atoms with van der Waals surface area (Å²) in [6, 6.07) is 10.4. The molecule has 0 aliphatic carbocycles. The van der Waals surface area contributed by atoms with Gasteiger partial charge >= 0.3 is 6.03 Å². The molecule has 3 amide bonds. The van der Waals surface area contributed by atoms with Gasteiger partial charge in [0.2, 0.25) is 0 Å². The number of urea groups is 1. The smallest absolute Gasteiger partial charge is 0.319 e. The minimum absolute atomic E-state index is 0.193. The highest BCUT2D eigenvalue weighted by atomic mass is 35.5. The third-order valence-corrected chi connectivity index (χ3v) is 4.77. The van der Waals surface area contributed by atoms with E-state index in [2.05, 4.69) is 16.0 Å². The van der Waals surface area contributed by atoms with E-state index in [-0.39, 0.29) is 29.3 Å². The van der Waals surface area contributed by atoms with Crippen molar-refractivity contribution in [2.75, 3.05) is 32.5 Å². The molecule has 1 atom stereocenters. The molecular weight excluding hydrogens is 407 g/mol. The number of likely N-dealkylation sites (N-methyl/N-ethyl adjacent to an activating group) is 1. The number of halogens is 2. The van der Waals surface area contributed by atoms with Crippen LogP contribution >= 0.6 is 11.6 Å². The molecule has 0 bridgehead atoms. The van der Waals surface area contributed by atoms with Gasteiger partial charge < -0.3 is 20.9 Å². The van der Waals surface area contributed by atoms with E-state index < -0.39 is 6.03 Å². The minimum atomic E-state index is -0.425. The van der Waals surface area contributed by atoms with Gasteiger partial charge in [0.15, 0.2) is 0 Å². The Hall–Kier alpha value is -2.64. The fourth-order valence-electron chi connectivity index (χ4n) is 2.85. The summed E-state index contributed by atoms with van der Waals surface area (Å²) in [5, 5.41) is 8.54. The first-order valence-corrected chi connectivity index (χ1v) is 10.1. The fraction of sp³-hybridized carbons (Fsp3) is 0.364. The van der Waals surface area contributed by atoms with Gasteiger partial charge in [0.25, 0.3) is 5.91 Å². The van der Waals surface area contributed by atoms with Crippen LogP contribution in [0.2, 0.25) is 5.02 Å². The Balaban J connectivity index is 1.97. The van der Waals surface area contributed by atoms with Gasteiger partial charge in [-0.05, 0) is 55.9 Å². The number of nitrogens with zero attached hydrogens (tertiary/aromatic N) is 1. The van der Waals surface area contributed by atoms with Gasteiger partial charge in [-0.2, -0.15) is 0 Å². The maximum absolute atomic E-state index is 13.5. The van der Waals surface area contributed by atoms with E-state index in [1.165, 1.54) is 18.2 Å². The fourth-order valence-corrected chi connectivity index (χ4v) is 3.11. The Kier molecular flexibility index (Phi) is 8.62. The summed E-state index contributed by atoms with van der Waals surface area (Å²) in [6.45, 7) is 4.84. The summed E-state index contributed by atoms with van der Waals surface area (Å²) >= 11 is 6.21. The quantitative estimate of drug-likeness (QED) is 0.580. The van der Waals surface area contributed by atoms with Crippen molar-refractivity contribution in [3.05, 3.63) is 64.4 Å². The van der Waals surface area contributed by atoms with Crippen molar-refractivity contribution in [1.82, 2.24) is 15.5 Å². The standard InChI is InChI=1S/C22H28ClFN4O2/c1-14(2)12-25-21(29)18-9-8-17(11-19(18)23)27-22(30)26-13-20(28(3)4)15-6-5-7-16(24)10-15/h5-11,14,20H,12-13H2,1-4H3,(H,25,29)(H2,26,27,30). The van der Waals surface area contributed by atoms with Crippen LogP contribution < -0.4 is 16.0 Å². The topological polar surface area (TPSA) is 73.5 Å². The van der Waals surface area contributed by atoms with Crippen molar-refractivity contribution in [2.24, 2.45) is 5.92 Å². The number of amides is 3. The molecule has 0 saturated heterocycles. The van der Waals surface area contributed by atoms with E-state index in [9.17, 15) is 14.0 Å². The first-order valence-electron chi connectivity index (χ1n) is 9.72. The van der Waals surface area contributed by atoms with Crippen LogP contribution in [0.5, 0.6) is 0 Å². The normalized spacial score (nSPS) is 12.0. The maximum atomic E-state index is 13.5.